The van der Waals surface area contributed by atoms with Gasteiger partial charge in [-0.05, 0) is 54.8 Å². The van der Waals surface area contributed by atoms with Crippen LogP contribution in [0.5, 0.6) is 11.5 Å². The van der Waals surface area contributed by atoms with Gasteiger partial charge < -0.3 is 14.7 Å². The summed E-state index contributed by atoms with van der Waals surface area (Å²) in [5, 5.41) is 9.58. The lowest BCUT2D eigenvalue weighted by atomic mass is 10.1. The Morgan fingerprint density at radius 1 is 1.20 bits per heavy atom. The average molecular weight is 341 g/mol. The zero-order chi connectivity index (χ0) is 17.8. The maximum absolute atomic E-state index is 14.3. The molecule has 0 unspecified atom stereocenters. The summed E-state index contributed by atoms with van der Waals surface area (Å²) in [6.45, 7) is 1.71. The lowest BCUT2D eigenvalue weighted by Crippen LogP contribution is -2.19. The molecular formula is C20H20FNO3. The Morgan fingerprint density at radius 2 is 1.96 bits per heavy atom. The van der Waals surface area contributed by atoms with Crippen LogP contribution in [-0.2, 0) is 0 Å². The number of allylic oxidation sites excluding steroid dienone is 1. The van der Waals surface area contributed by atoms with Crippen molar-refractivity contribution in [1.29, 1.82) is 0 Å². The van der Waals surface area contributed by atoms with Gasteiger partial charge in [0.05, 0.1) is 12.8 Å². The van der Waals surface area contributed by atoms with E-state index in [9.17, 15) is 14.3 Å². The van der Waals surface area contributed by atoms with Crippen LogP contribution in [0, 0.1) is 5.82 Å². The first-order chi connectivity index (χ1) is 12.1. The van der Waals surface area contributed by atoms with Gasteiger partial charge in [-0.25, -0.2) is 4.39 Å². The molecule has 0 spiro atoms. The highest BCUT2D eigenvalue weighted by molar-refractivity contribution is 6.07. The van der Waals surface area contributed by atoms with E-state index >= 15 is 0 Å². The number of methoxy groups -OCH3 is 1. The molecule has 0 aromatic heterocycles. The summed E-state index contributed by atoms with van der Waals surface area (Å²) in [5.74, 6) is -0.285. The standard InChI is InChI=1S/C20H20FNO3/c1-25-20-12-14(5-9-19(20)24)4-8-18(23)15-6-7-17(16(21)13-15)22-10-2-3-11-22/h4-9,12-13,24H,2-3,10-11H2,1H3. The van der Waals surface area contributed by atoms with Crippen molar-refractivity contribution in [2.45, 2.75) is 12.8 Å². The van der Waals surface area contributed by atoms with Crippen molar-refractivity contribution in [3.63, 3.8) is 0 Å². The van der Waals surface area contributed by atoms with Crippen molar-refractivity contribution >= 4 is 17.5 Å². The monoisotopic (exact) mass is 341 g/mol. The third-order valence-corrected chi connectivity index (χ3v) is 4.31. The topological polar surface area (TPSA) is 49.8 Å². The summed E-state index contributed by atoms with van der Waals surface area (Å²) in [7, 11) is 1.46. The number of benzene rings is 2. The van der Waals surface area contributed by atoms with Gasteiger partial charge in [0.15, 0.2) is 17.3 Å². The molecule has 0 amide bonds. The Bertz CT molecular complexity index is 811. The number of hydrogen-bond donors (Lipinski definition) is 1. The number of hydrogen-bond acceptors (Lipinski definition) is 4. The molecule has 1 aliphatic heterocycles. The highest BCUT2D eigenvalue weighted by Crippen LogP contribution is 2.27. The van der Waals surface area contributed by atoms with E-state index < -0.39 is 0 Å². The summed E-state index contributed by atoms with van der Waals surface area (Å²) in [5.41, 5.74) is 1.57. The van der Waals surface area contributed by atoms with Gasteiger partial charge in [-0.2, -0.15) is 0 Å². The van der Waals surface area contributed by atoms with Crippen LogP contribution in [0.4, 0.5) is 10.1 Å². The fourth-order valence-electron chi connectivity index (χ4n) is 2.94. The van der Waals surface area contributed by atoms with E-state index in [1.807, 2.05) is 4.90 Å². The Hall–Kier alpha value is -2.82. The summed E-state index contributed by atoms with van der Waals surface area (Å²) in [4.78, 5) is 14.3. The lowest BCUT2D eigenvalue weighted by Gasteiger charge is -2.18. The molecule has 1 saturated heterocycles. The number of anilines is 1. The van der Waals surface area contributed by atoms with Crippen LogP contribution in [-0.4, -0.2) is 31.1 Å². The molecule has 0 aliphatic carbocycles. The molecule has 1 aliphatic rings. The van der Waals surface area contributed by atoms with Crippen LogP contribution in [0.3, 0.4) is 0 Å². The third-order valence-electron chi connectivity index (χ3n) is 4.31. The average Bonchev–Trinajstić information content (AvgIpc) is 3.15. The largest absolute Gasteiger partial charge is 0.504 e. The van der Waals surface area contributed by atoms with Gasteiger partial charge in [0, 0.05) is 18.7 Å². The molecule has 0 bridgehead atoms. The second-order valence-electron chi connectivity index (χ2n) is 5.99. The third kappa shape index (κ3) is 3.82. The molecule has 5 heteroatoms. The molecule has 0 radical (unpaired) electrons. The summed E-state index contributed by atoms with van der Waals surface area (Å²) in [6.07, 6.45) is 5.13. The first-order valence-electron chi connectivity index (χ1n) is 8.22. The predicted molar refractivity (Wildman–Crippen MR) is 95.9 cm³/mol. The van der Waals surface area contributed by atoms with Gasteiger partial charge in [0.25, 0.3) is 0 Å². The number of phenols is 1. The maximum atomic E-state index is 14.3. The molecule has 4 nitrogen and oxygen atoms in total. The number of phenolic OH excluding ortho intramolecular Hbond substituents is 1. The van der Waals surface area contributed by atoms with Gasteiger partial charge in [-0.3, -0.25) is 4.79 Å². The number of halogens is 1. The predicted octanol–water partition coefficient (Wildman–Crippen LogP) is 4.04. The molecule has 0 saturated carbocycles. The SMILES string of the molecule is COc1cc(C=CC(=O)c2ccc(N3CCCC3)c(F)c2)ccc1O. The second-order valence-corrected chi connectivity index (χ2v) is 5.99. The number of carbonyl (C=O) groups excluding carboxylic acids is 1. The minimum atomic E-state index is -0.368. The van der Waals surface area contributed by atoms with E-state index in [0.29, 0.717) is 22.6 Å². The second kappa shape index (κ2) is 7.38. The number of ether oxygens (including phenoxy) is 1. The number of aromatic hydroxyl groups is 1. The van der Waals surface area contributed by atoms with Crippen LogP contribution in [0.1, 0.15) is 28.8 Å². The highest BCUT2D eigenvalue weighted by atomic mass is 19.1. The minimum absolute atomic E-state index is 0.0329. The van der Waals surface area contributed by atoms with Gasteiger partial charge in [-0.15, -0.1) is 0 Å². The summed E-state index contributed by atoms with van der Waals surface area (Å²) >= 11 is 0. The van der Waals surface area contributed by atoms with Crippen LogP contribution in [0.25, 0.3) is 6.08 Å². The van der Waals surface area contributed by atoms with Crippen molar-refractivity contribution in [3.05, 3.63) is 59.4 Å². The molecule has 1 fully saturated rings. The van der Waals surface area contributed by atoms with E-state index in [0.717, 1.165) is 25.9 Å². The molecule has 25 heavy (non-hydrogen) atoms. The van der Waals surface area contributed by atoms with Gasteiger partial charge in [0.2, 0.25) is 0 Å². The van der Waals surface area contributed by atoms with Crippen LogP contribution >= 0.6 is 0 Å². The van der Waals surface area contributed by atoms with Gasteiger partial charge in [0.1, 0.15) is 5.82 Å². The first-order valence-corrected chi connectivity index (χ1v) is 8.22. The van der Waals surface area contributed by atoms with Crippen molar-refractivity contribution in [2.24, 2.45) is 0 Å². The Labute approximate surface area is 146 Å². The van der Waals surface area contributed by atoms with Gasteiger partial charge >= 0.3 is 0 Å². The first kappa shape index (κ1) is 17.0. The summed E-state index contributed by atoms with van der Waals surface area (Å²) in [6, 6.07) is 9.40. The number of nitrogens with zero attached hydrogens (tertiary/aromatic N) is 1. The smallest absolute Gasteiger partial charge is 0.185 e. The normalized spacial score (nSPS) is 14.2. The Morgan fingerprint density at radius 3 is 2.64 bits per heavy atom. The molecule has 1 heterocycles. The van der Waals surface area contributed by atoms with E-state index in [1.54, 1.807) is 30.3 Å². The zero-order valence-corrected chi connectivity index (χ0v) is 14.0. The molecule has 1 N–H and O–H groups in total. The fourth-order valence-corrected chi connectivity index (χ4v) is 2.94. The summed E-state index contributed by atoms with van der Waals surface area (Å²) < 4.78 is 19.3. The van der Waals surface area contributed by atoms with Crippen LogP contribution in [0.15, 0.2) is 42.5 Å². The Kier molecular flexibility index (Phi) is 5.03. The Balaban J connectivity index is 1.75. The van der Waals surface area contributed by atoms with Crippen molar-refractivity contribution < 1.29 is 19.0 Å². The maximum Gasteiger partial charge on any atom is 0.185 e. The minimum Gasteiger partial charge on any atom is -0.504 e. The highest BCUT2D eigenvalue weighted by Gasteiger charge is 2.17. The number of rotatable bonds is 5. The quantitative estimate of drug-likeness (QED) is 0.659. The van der Waals surface area contributed by atoms with Crippen LogP contribution < -0.4 is 9.64 Å². The van der Waals surface area contributed by atoms with E-state index in [2.05, 4.69) is 0 Å². The molecule has 3 rings (SSSR count). The van der Waals surface area contributed by atoms with E-state index in [1.165, 1.54) is 25.3 Å². The number of carbonyl (C=O) groups is 1. The molecule has 2 aromatic carbocycles. The van der Waals surface area contributed by atoms with Crippen molar-refractivity contribution in [2.75, 3.05) is 25.1 Å². The molecule has 130 valence electrons. The molecular weight excluding hydrogens is 321 g/mol. The molecule has 0 atom stereocenters. The van der Waals surface area contributed by atoms with Gasteiger partial charge in [-0.1, -0.05) is 12.1 Å². The van der Waals surface area contributed by atoms with E-state index in [-0.39, 0.29) is 17.3 Å². The lowest BCUT2D eigenvalue weighted by molar-refractivity contribution is 0.104. The van der Waals surface area contributed by atoms with E-state index in [4.69, 9.17) is 4.74 Å². The van der Waals surface area contributed by atoms with Crippen molar-refractivity contribution in [1.82, 2.24) is 0 Å². The van der Waals surface area contributed by atoms with Crippen LogP contribution in [0.2, 0.25) is 0 Å². The molecule has 2 aromatic rings. The fraction of sp³-hybridized carbons (Fsp3) is 0.250. The zero-order valence-electron chi connectivity index (χ0n) is 14.0. The number of ketones is 1. The van der Waals surface area contributed by atoms with Crippen molar-refractivity contribution in [3.8, 4) is 11.5 Å².